The van der Waals surface area contributed by atoms with Gasteiger partial charge in [-0.3, -0.25) is 10.1 Å². The number of carbonyl (C=O) groups excluding carboxylic acids is 2. The van der Waals surface area contributed by atoms with Crippen LogP contribution in [0.1, 0.15) is 41.3 Å². The van der Waals surface area contributed by atoms with Crippen molar-refractivity contribution >= 4 is 23.7 Å². The first-order valence-electron chi connectivity index (χ1n) is 10.9. The molecular weight excluding hydrogens is 432 g/mol. The van der Waals surface area contributed by atoms with Crippen LogP contribution in [0.25, 0.3) is 11.1 Å². The molecule has 1 aliphatic carbocycles. The summed E-state index contributed by atoms with van der Waals surface area (Å²) in [5.74, 6) is -1.64. The number of benzene rings is 3. The molecule has 0 fully saturated rings. The molecule has 0 aliphatic heterocycles. The fraction of sp³-hybridized carbons (Fsp3) is 0.222. The van der Waals surface area contributed by atoms with E-state index in [9.17, 15) is 19.5 Å². The molecule has 2 amide bonds. The second kappa shape index (κ2) is 9.02. The molecule has 0 saturated heterocycles. The molecule has 1 aliphatic rings. The molecular formula is C27H26N2O5. The number of ether oxygens (including phenoxy) is 1. The summed E-state index contributed by atoms with van der Waals surface area (Å²) in [5.41, 5.74) is 3.78. The average Bonchev–Trinajstić information content (AvgIpc) is 3.15. The van der Waals surface area contributed by atoms with Crippen molar-refractivity contribution in [2.75, 3.05) is 19.0 Å². The number of fused-ring (bicyclic) bond motifs is 3. The Labute approximate surface area is 198 Å². The molecule has 0 aromatic heterocycles. The molecule has 0 spiro atoms. The highest BCUT2D eigenvalue weighted by Gasteiger charge is 2.35. The highest BCUT2D eigenvalue weighted by Crippen LogP contribution is 2.44. The maximum absolute atomic E-state index is 12.8. The normalized spacial score (nSPS) is 12.4. The van der Waals surface area contributed by atoms with Crippen LogP contribution in [0, 0.1) is 0 Å². The highest BCUT2D eigenvalue weighted by molar-refractivity contribution is 5.99. The summed E-state index contributed by atoms with van der Waals surface area (Å²) in [5, 5.41) is 12.0. The molecule has 0 radical (unpaired) electrons. The summed E-state index contributed by atoms with van der Waals surface area (Å²) in [4.78, 5) is 38.0. The van der Waals surface area contributed by atoms with Crippen LogP contribution >= 0.6 is 0 Å². The van der Waals surface area contributed by atoms with Gasteiger partial charge in [-0.1, -0.05) is 54.6 Å². The van der Waals surface area contributed by atoms with Gasteiger partial charge in [-0.15, -0.1) is 0 Å². The van der Waals surface area contributed by atoms with Gasteiger partial charge in [0.15, 0.2) is 0 Å². The van der Waals surface area contributed by atoms with Gasteiger partial charge in [0.25, 0.3) is 5.91 Å². The predicted molar refractivity (Wildman–Crippen MR) is 129 cm³/mol. The number of nitrogens with one attached hydrogen (secondary N) is 1. The number of hydrogen-bond acceptors (Lipinski definition) is 4. The molecule has 7 nitrogen and oxygen atoms in total. The summed E-state index contributed by atoms with van der Waals surface area (Å²) in [6.45, 7) is 3.08. The number of hydrogen-bond donors (Lipinski definition) is 2. The number of anilines is 1. The van der Waals surface area contributed by atoms with Crippen molar-refractivity contribution in [3.8, 4) is 11.1 Å². The van der Waals surface area contributed by atoms with E-state index >= 15 is 0 Å². The number of amides is 2. The minimum absolute atomic E-state index is 0.0574. The van der Waals surface area contributed by atoms with Gasteiger partial charge in [0.2, 0.25) is 0 Å². The smallest absolute Gasteiger partial charge is 0.411 e. The molecule has 174 valence electrons. The lowest BCUT2D eigenvalue weighted by Gasteiger charge is -2.31. The van der Waals surface area contributed by atoms with Crippen LogP contribution in [-0.4, -0.2) is 47.2 Å². The Bertz CT molecular complexity index is 1220. The summed E-state index contributed by atoms with van der Waals surface area (Å²) in [7, 11) is 1.43. The summed E-state index contributed by atoms with van der Waals surface area (Å²) in [6, 6.07) is 22.5. The second-order valence-electron chi connectivity index (χ2n) is 8.76. The van der Waals surface area contributed by atoms with Gasteiger partial charge in [0.05, 0.1) is 0 Å². The van der Waals surface area contributed by atoms with Crippen molar-refractivity contribution in [1.29, 1.82) is 0 Å². The van der Waals surface area contributed by atoms with Gasteiger partial charge in [0.1, 0.15) is 12.1 Å². The van der Waals surface area contributed by atoms with E-state index < -0.39 is 23.5 Å². The van der Waals surface area contributed by atoms with E-state index in [1.165, 1.54) is 27.0 Å². The summed E-state index contributed by atoms with van der Waals surface area (Å²) < 4.78 is 5.55. The number of aliphatic carboxylic acids is 1. The van der Waals surface area contributed by atoms with Crippen LogP contribution in [0.5, 0.6) is 0 Å². The number of carboxylic acids is 1. The fourth-order valence-electron chi connectivity index (χ4n) is 4.07. The first-order valence-corrected chi connectivity index (χ1v) is 10.9. The lowest BCUT2D eigenvalue weighted by molar-refractivity contribution is -0.147. The van der Waals surface area contributed by atoms with E-state index in [-0.39, 0.29) is 18.1 Å². The first-order chi connectivity index (χ1) is 16.2. The molecule has 0 atom stereocenters. The van der Waals surface area contributed by atoms with Gasteiger partial charge in [-0.05, 0) is 54.3 Å². The Morgan fingerprint density at radius 3 is 2.12 bits per heavy atom. The number of carbonyl (C=O) groups is 3. The molecule has 3 aromatic carbocycles. The predicted octanol–water partition coefficient (Wildman–Crippen LogP) is 4.98. The van der Waals surface area contributed by atoms with Crippen LogP contribution < -0.4 is 5.32 Å². The van der Waals surface area contributed by atoms with Crippen molar-refractivity contribution in [2.45, 2.75) is 25.3 Å². The third-order valence-corrected chi connectivity index (χ3v) is 6.37. The maximum atomic E-state index is 12.8. The van der Waals surface area contributed by atoms with E-state index in [4.69, 9.17) is 4.74 Å². The Morgan fingerprint density at radius 2 is 1.53 bits per heavy atom. The van der Waals surface area contributed by atoms with E-state index in [0.717, 1.165) is 27.2 Å². The SMILES string of the molecule is CN(C(=O)c1cccc(NC(=O)OCC2c3ccccc3-c3ccccc32)c1)C(C)(C)C(=O)O. The topological polar surface area (TPSA) is 95.9 Å². The molecule has 0 unspecified atom stereocenters. The van der Waals surface area contributed by atoms with E-state index in [0.29, 0.717) is 5.69 Å². The summed E-state index contributed by atoms with van der Waals surface area (Å²) in [6.07, 6.45) is -0.634. The first kappa shape index (κ1) is 23.0. The van der Waals surface area contributed by atoms with Gasteiger partial charge >= 0.3 is 12.1 Å². The standard InChI is InChI=1S/C27H26N2O5/c1-27(2,25(31)32)29(3)24(30)17-9-8-10-18(15-17)28-26(33)34-16-23-21-13-6-4-11-19(21)20-12-5-7-14-22(20)23/h4-15,23H,16H2,1-3H3,(H,28,33)(H,31,32). The third-order valence-electron chi connectivity index (χ3n) is 6.37. The Balaban J connectivity index is 1.44. The number of likely N-dealkylation sites (N-methyl/N-ethyl adjacent to an activating group) is 1. The lowest BCUT2D eigenvalue weighted by atomic mass is 9.98. The zero-order valence-corrected chi connectivity index (χ0v) is 19.2. The summed E-state index contributed by atoms with van der Waals surface area (Å²) >= 11 is 0. The molecule has 7 heteroatoms. The number of nitrogens with zero attached hydrogens (tertiary/aromatic N) is 1. The van der Waals surface area contributed by atoms with Crippen LogP contribution in [0.4, 0.5) is 10.5 Å². The highest BCUT2D eigenvalue weighted by atomic mass is 16.5. The third kappa shape index (κ3) is 4.24. The van der Waals surface area contributed by atoms with Crippen molar-refractivity contribution in [1.82, 2.24) is 4.90 Å². The average molecular weight is 459 g/mol. The Morgan fingerprint density at radius 1 is 0.941 bits per heavy atom. The molecule has 2 N–H and O–H groups in total. The quantitative estimate of drug-likeness (QED) is 0.543. The van der Waals surface area contributed by atoms with Crippen LogP contribution in [0.15, 0.2) is 72.8 Å². The Hall–Kier alpha value is -4.13. The van der Waals surface area contributed by atoms with Crippen LogP contribution in [0.2, 0.25) is 0 Å². The van der Waals surface area contributed by atoms with Crippen LogP contribution in [-0.2, 0) is 9.53 Å². The van der Waals surface area contributed by atoms with E-state index in [1.54, 1.807) is 18.2 Å². The lowest BCUT2D eigenvalue weighted by Crippen LogP contribution is -2.50. The molecule has 3 aromatic rings. The second-order valence-corrected chi connectivity index (χ2v) is 8.76. The monoisotopic (exact) mass is 458 g/mol. The number of carboxylic acid groups (broad SMARTS) is 1. The maximum Gasteiger partial charge on any atom is 0.411 e. The zero-order valence-electron chi connectivity index (χ0n) is 19.2. The van der Waals surface area contributed by atoms with E-state index in [1.807, 2.05) is 36.4 Å². The molecule has 4 rings (SSSR count). The Kier molecular flexibility index (Phi) is 6.11. The van der Waals surface area contributed by atoms with Crippen molar-refractivity contribution in [3.05, 3.63) is 89.5 Å². The van der Waals surface area contributed by atoms with Crippen LogP contribution in [0.3, 0.4) is 0 Å². The van der Waals surface area contributed by atoms with Gasteiger partial charge < -0.3 is 14.7 Å². The van der Waals surface area contributed by atoms with Gasteiger partial charge in [0, 0.05) is 24.2 Å². The minimum atomic E-state index is -1.38. The minimum Gasteiger partial charge on any atom is -0.480 e. The molecule has 0 bridgehead atoms. The van der Waals surface area contributed by atoms with Crippen molar-refractivity contribution < 1.29 is 24.2 Å². The molecule has 0 saturated carbocycles. The fourth-order valence-corrected chi connectivity index (χ4v) is 4.07. The van der Waals surface area contributed by atoms with Crippen molar-refractivity contribution in [3.63, 3.8) is 0 Å². The van der Waals surface area contributed by atoms with Gasteiger partial charge in [-0.2, -0.15) is 0 Å². The van der Waals surface area contributed by atoms with Crippen molar-refractivity contribution in [2.24, 2.45) is 0 Å². The number of rotatable bonds is 6. The zero-order chi connectivity index (χ0) is 24.5. The molecule has 34 heavy (non-hydrogen) atoms. The largest absolute Gasteiger partial charge is 0.480 e. The van der Waals surface area contributed by atoms with E-state index in [2.05, 4.69) is 17.4 Å². The van der Waals surface area contributed by atoms with Gasteiger partial charge in [-0.25, -0.2) is 9.59 Å². The molecule has 0 heterocycles.